The van der Waals surface area contributed by atoms with E-state index in [0.29, 0.717) is 11.4 Å². The average molecular weight is 367 g/mol. The smallest absolute Gasteiger partial charge is 0.239 e. The molecule has 0 heterocycles. The summed E-state index contributed by atoms with van der Waals surface area (Å²) in [4.78, 5) is 23.4. The number of nitrogens with zero attached hydrogens (tertiary/aromatic N) is 1. The number of carbonyl (C=O) groups excluding carboxylic acids is 2. The molecule has 0 aromatic heterocycles. The first-order valence-electron chi connectivity index (χ1n) is 8.40. The van der Waals surface area contributed by atoms with Crippen LogP contribution in [0.2, 0.25) is 0 Å². The molecule has 0 radical (unpaired) electrons. The molecule has 1 fully saturated rings. The van der Waals surface area contributed by atoms with Crippen LogP contribution in [0.3, 0.4) is 0 Å². The molecule has 2 rings (SSSR count). The number of anilines is 2. The largest absolute Gasteiger partial charge is 0.326 e. The summed E-state index contributed by atoms with van der Waals surface area (Å²) >= 11 is 0. The van der Waals surface area contributed by atoms with Crippen molar-refractivity contribution in [2.24, 2.45) is 0 Å². The van der Waals surface area contributed by atoms with Gasteiger partial charge in [0, 0.05) is 24.3 Å². The molecule has 1 aromatic rings. The van der Waals surface area contributed by atoms with E-state index < -0.39 is 15.9 Å². The lowest BCUT2D eigenvalue weighted by molar-refractivity contribution is -0.117. The maximum absolute atomic E-state index is 12.3. The zero-order valence-electron chi connectivity index (χ0n) is 14.6. The third kappa shape index (κ3) is 6.13. The Bertz CT molecular complexity index is 727. The molecule has 1 aromatic carbocycles. The molecule has 138 valence electrons. The van der Waals surface area contributed by atoms with Crippen LogP contribution >= 0.6 is 0 Å². The summed E-state index contributed by atoms with van der Waals surface area (Å²) in [6, 6.07) is 6.62. The van der Waals surface area contributed by atoms with Gasteiger partial charge < -0.3 is 10.6 Å². The fraction of sp³-hybridized carbons (Fsp3) is 0.529. The molecule has 2 N–H and O–H groups in total. The van der Waals surface area contributed by atoms with Crippen LogP contribution in [0.4, 0.5) is 11.4 Å². The third-order valence-electron chi connectivity index (χ3n) is 4.17. The molecule has 0 aliphatic heterocycles. The van der Waals surface area contributed by atoms with E-state index in [-0.39, 0.29) is 18.5 Å². The van der Waals surface area contributed by atoms with Gasteiger partial charge in [-0.05, 0) is 31.0 Å². The molecule has 0 saturated heterocycles. The molecule has 0 bridgehead atoms. The Kier molecular flexibility index (Phi) is 6.55. The highest BCUT2D eigenvalue weighted by Gasteiger charge is 2.29. The van der Waals surface area contributed by atoms with Crippen LogP contribution < -0.4 is 10.6 Å². The number of rotatable bonds is 6. The van der Waals surface area contributed by atoms with E-state index in [1.165, 1.54) is 11.2 Å². The van der Waals surface area contributed by atoms with E-state index in [0.717, 1.165) is 38.4 Å². The Hall–Kier alpha value is -1.93. The summed E-state index contributed by atoms with van der Waals surface area (Å²) < 4.78 is 25.5. The van der Waals surface area contributed by atoms with Gasteiger partial charge >= 0.3 is 0 Å². The van der Waals surface area contributed by atoms with Crippen LogP contribution in [0.15, 0.2) is 24.3 Å². The Balaban J connectivity index is 2.04. The van der Waals surface area contributed by atoms with E-state index in [1.54, 1.807) is 24.3 Å². The predicted octanol–water partition coefficient (Wildman–Crippen LogP) is 2.18. The molecule has 1 saturated carbocycles. The SMILES string of the molecule is CC(=O)Nc1cccc(NC(=O)CN(C2CCCCC2)S(C)(=O)=O)c1. The zero-order chi connectivity index (χ0) is 18.4. The maximum Gasteiger partial charge on any atom is 0.239 e. The van der Waals surface area contributed by atoms with Crippen molar-refractivity contribution in [3.05, 3.63) is 24.3 Å². The fourth-order valence-electron chi connectivity index (χ4n) is 3.11. The van der Waals surface area contributed by atoms with Gasteiger partial charge in [-0.25, -0.2) is 8.42 Å². The second-order valence-electron chi connectivity index (χ2n) is 6.41. The lowest BCUT2D eigenvalue weighted by Crippen LogP contribution is -2.45. The molecule has 1 aliphatic carbocycles. The summed E-state index contributed by atoms with van der Waals surface area (Å²) in [5.74, 6) is -0.597. The van der Waals surface area contributed by atoms with Crippen LogP contribution in [-0.2, 0) is 19.6 Å². The highest BCUT2D eigenvalue weighted by Crippen LogP contribution is 2.24. The van der Waals surface area contributed by atoms with Crippen LogP contribution in [0.25, 0.3) is 0 Å². The van der Waals surface area contributed by atoms with Crippen LogP contribution in [0, 0.1) is 0 Å². The molecule has 0 atom stereocenters. The van der Waals surface area contributed by atoms with Gasteiger partial charge in [-0.3, -0.25) is 9.59 Å². The lowest BCUT2D eigenvalue weighted by Gasteiger charge is -2.31. The van der Waals surface area contributed by atoms with Crippen molar-refractivity contribution in [2.45, 2.75) is 45.1 Å². The lowest BCUT2D eigenvalue weighted by atomic mass is 9.95. The number of sulfonamides is 1. The number of benzene rings is 1. The fourth-order valence-corrected chi connectivity index (χ4v) is 4.21. The van der Waals surface area contributed by atoms with Crippen molar-refractivity contribution in [2.75, 3.05) is 23.4 Å². The first-order chi connectivity index (χ1) is 11.8. The Morgan fingerprint density at radius 2 is 1.72 bits per heavy atom. The number of amides is 2. The summed E-state index contributed by atoms with van der Waals surface area (Å²) in [7, 11) is -3.46. The standard InChI is InChI=1S/C17H25N3O4S/c1-13(21)18-14-7-6-8-15(11-14)19-17(22)12-20(25(2,23)24)16-9-4-3-5-10-16/h6-8,11,16H,3-5,9-10,12H2,1-2H3,(H,18,21)(H,19,22). The number of carbonyl (C=O) groups is 2. The van der Waals surface area contributed by atoms with E-state index >= 15 is 0 Å². The highest BCUT2D eigenvalue weighted by atomic mass is 32.2. The summed E-state index contributed by atoms with van der Waals surface area (Å²) in [6.07, 6.45) is 5.80. The molecular formula is C17H25N3O4S. The van der Waals surface area contributed by atoms with Gasteiger partial charge in [0.25, 0.3) is 0 Å². The Labute approximate surface area is 148 Å². The van der Waals surface area contributed by atoms with Crippen molar-refractivity contribution in [3.63, 3.8) is 0 Å². The minimum atomic E-state index is -3.46. The summed E-state index contributed by atoms with van der Waals surface area (Å²) in [6.45, 7) is 1.20. The van der Waals surface area contributed by atoms with Gasteiger partial charge in [0.2, 0.25) is 21.8 Å². The van der Waals surface area contributed by atoms with E-state index in [1.807, 2.05) is 0 Å². The highest BCUT2D eigenvalue weighted by molar-refractivity contribution is 7.88. The van der Waals surface area contributed by atoms with Gasteiger partial charge in [0.05, 0.1) is 12.8 Å². The van der Waals surface area contributed by atoms with Crippen LogP contribution in [0.1, 0.15) is 39.0 Å². The van der Waals surface area contributed by atoms with Gasteiger partial charge in [0.1, 0.15) is 0 Å². The molecule has 0 spiro atoms. The minimum absolute atomic E-state index is 0.111. The molecule has 7 nitrogen and oxygen atoms in total. The molecule has 2 amide bonds. The molecule has 8 heteroatoms. The summed E-state index contributed by atoms with van der Waals surface area (Å²) in [5.41, 5.74) is 1.07. The summed E-state index contributed by atoms with van der Waals surface area (Å²) in [5, 5.41) is 5.34. The second-order valence-corrected chi connectivity index (χ2v) is 8.35. The van der Waals surface area contributed by atoms with Gasteiger partial charge in [-0.15, -0.1) is 0 Å². The average Bonchev–Trinajstić information content (AvgIpc) is 2.52. The van der Waals surface area contributed by atoms with Gasteiger partial charge in [0.15, 0.2) is 0 Å². The van der Waals surface area contributed by atoms with Crippen molar-refractivity contribution >= 4 is 33.2 Å². The van der Waals surface area contributed by atoms with Crippen molar-refractivity contribution < 1.29 is 18.0 Å². The van der Waals surface area contributed by atoms with Crippen molar-refractivity contribution in [1.82, 2.24) is 4.31 Å². The molecule has 25 heavy (non-hydrogen) atoms. The first kappa shape index (κ1) is 19.4. The number of hydrogen-bond donors (Lipinski definition) is 2. The van der Waals surface area contributed by atoms with Crippen molar-refractivity contribution in [1.29, 1.82) is 0 Å². The van der Waals surface area contributed by atoms with E-state index in [9.17, 15) is 18.0 Å². The number of hydrogen-bond acceptors (Lipinski definition) is 4. The van der Waals surface area contributed by atoms with Gasteiger partial charge in [-0.2, -0.15) is 4.31 Å². The van der Waals surface area contributed by atoms with E-state index in [2.05, 4.69) is 10.6 Å². The quantitative estimate of drug-likeness (QED) is 0.805. The molecule has 1 aliphatic rings. The zero-order valence-corrected chi connectivity index (χ0v) is 15.4. The maximum atomic E-state index is 12.3. The van der Waals surface area contributed by atoms with Crippen molar-refractivity contribution in [3.8, 4) is 0 Å². The van der Waals surface area contributed by atoms with Crippen LogP contribution in [-0.4, -0.2) is 43.4 Å². The van der Waals surface area contributed by atoms with E-state index in [4.69, 9.17) is 0 Å². The normalized spacial score (nSPS) is 15.8. The third-order valence-corrected chi connectivity index (χ3v) is 5.45. The monoisotopic (exact) mass is 367 g/mol. The second kappa shape index (κ2) is 8.44. The first-order valence-corrected chi connectivity index (χ1v) is 10.2. The topological polar surface area (TPSA) is 95.6 Å². The predicted molar refractivity (Wildman–Crippen MR) is 97.8 cm³/mol. The molecule has 0 unspecified atom stereocenters. The minimum Gasteiger partial charge on any atom is -0.326 e. The van der Waals surface area contributed by atoms with Crippen LogP contribution in [0.5, 0.6) is 0 Å². The number of nitrogens with one attached hydrogen (secondary N) is 2. The van der Waals surface area contributed by atoms with Gasteiger partial charge in [-0.1, -0.05) is 25.3 Å². The Morgan fingerprint density at radius 1 is 1.12 bits per heavy atom. The Morgan fingerprint density at radius 3 is 2.28 bits per heavy atom. The molecular weight excluding hydrogens is 342 g/mol.